The summed E-state index contributed by atoms with van der Waals surface area (Å²) in [6.07, 6.45) is 5.12. The molecule has 0 radical (unpaired) electrons. The highest BCUT2D eigenvalue weighted by Crippen LogP contribution is 2.18. The molecule has 0 bridgehead atoms. The van der Waals surface area contributed by atoms with Crippen LogP contribution >= 0.6 is 0 Å². The van der Waals surface area contributed by atoms with E-state index in [1.54, 1.807) is 7.05 Å². The summed E-state index contributed by atoms with van der Waals surface area (Å²) < 4.78 is 2.05. The Morgan fingerprint density at radius 3 is 2.67 bits per heavy atom. The number of nitrogens with one attached hydrogen (secondary N) is 2. The molecule has 3 aromatic rings. The first-order valence-corrected chi connectivity index (χ1v) is 8.28. The quantitative estimate of drug-likeness (QED) is 0.560. The Morgan fingerprint density at radius 2 is 1.88 bits per heavy atom. The summed E-state index contributed by atoms with van der Waals surface area (Å²) >= 11 is 0. The highest BCUT2D eigenvalue weighted by molar-refractivity contribution is 5.85. The van der Waals surface area contributed by atoms with Crippen molar-refractivity contribution in [1.29, 1.82) is 0 Å². The number of aliphatic imine (C=N–C) groups is 1. The lowest BCUT2D eigenvalue weighted by molar-refractivity contribution is 0.794. The van der Waals surface area contributed by atoms with Gasteiger partial charge in [0.25, 0.3) is 0 Å². The second kappa shape index (κ2) is 7.68. The summed E-state index contributed by atoms with van der Waals surface area (Å²) in [4.78, 5) is 4.29. The Balaban J connectivity index is 1.54. The maximum Gasteiger partial charge on any atom is 0.191 e. The van der Waals surface area contributed by atoms with Crippen LogP contribution in [0.25, 0.3) is 10.8 Å². The SMILES string of the molecule is CN=C(NCCc1cccc2ccccc12)NCc1ccn(C)c1. The third-order valence-corrected chi connectivity index (χ3v) is 4.14. The molecule has 0 spiro atoms. The maximum absolute atomic E-state index is 4.29. The Labute approximate surface area is 143 Å². The molecule has 4 heteroatoms. The van der Waals surface area contributed by atoms with Crippen molar-refractivity contribution in [2.75, 3.05) is 13.6 Å². The van der Waals surface area contributed by atoms with Crippen LogP contribution in [0, 0.1) is 0 Å². The standard InChI is InChI=1S/C20H24N4/c1-21-20(23-14-16-11-13-24(2)15-16)22-12-10-18-8-5-7-17-6-3-4-9-19(17)18/h3-9,11,13,15H,10,12,14H2,1-2H3,(H2,21,22,23). The van der Waals surface area contributed by atoms with Crippen LogP contribution in [0.2, 0.25) is 0 Å². The lowest BCUT2D eigenvalue weighted by Crippen LogP contribution is -2.37. The second-order valence-corrected chi connectivity index (χ2v) is 5.93. The van der Waals surface area contributed by atoms with Crippen molar-refractivity contribution in [3.05, 3.63) is 72.1 Å². The average Bonchev–Trinajstić information content (AvgIpc) is 3.03. The Bertz CT molecular complexity index is 827. The van der Waals surface area contributed by atoms with E-state index in [4.69, 9.17) is 0 Å². The largest absolute Gasteiger partial charge is 0.357 e. The fourth-order valence-electron chi connectivity index (χ4n) is 2.90. The number of fused-ring (bicyclic) bond motifs is 1. The summed E-state index contributed by atoms with van der Waals surface area (Å²) in [7, 11) is 3.83. The van der Waals surface area contributed by atoms with Crippen LogP contribution in [0.1, 0.15) is 11.1 Å². The Kier molecular flexibility index (Phi) is 5.16. The molecular formula is C20H24N4. The van der Waals surface area contributed by atoms with Gasteiger partial charge in [0, 0.05) is 39.6 Å². The molecule has 0 unspecified atom stereocenters. The average molecular weight is 320 g/mol. The zero-order valence-corrected chi connectivity index (χ0v) is 14.3. The lowest BCUT2D eigenvalue weighted by atomic mass is 10.0. The first-order valence-electron chi connectivity index (χ1n) is 8.28. The van der Waals surface area contributed by atoms with Gasteiger partial charge in [-0.2, -0.15) is 0 Å². The van der Waals surface area contributed by atoms with Crippen LogP contribution in [0.5, 0.6) is 0 Å². The summed E-state index contributed by atoms with van der Waals surface area (Å²) in [5.74, 6) is 0.832. The van der Waals surface area contributed by atoms with E-state index in [-0.39, 0.29) is 0 Å². The van der Waals surface area contributed by atoms with Crippen molar-refractivity contribution in [3.63, 3.8) is 0 Å². The number of nitrogens with zero attached hydrogens (tertiary/aromatic N) is 2. The molecule has 0 atom stereocenters. The zero-order valence-electron chi connectivity index (χ0n) is 14.3. The van der Waals surface area contributed by atoms with Gasteiger partial charge in [-0.25, -0.2) is 0 Å². The number of aryl methyl sites for hydroxylation is 1. The fraction of sp³-hybridized carbons (Fsp3) is 0.250. The molecule has 0 fully saturated rings. The first kappa shape index (κ1) is 16.1. The predicted octanol–water partition coefficient (Wildman–Crippen LogP) is 3.09. The van der Waals surface area contributed by atoms with Crippen LogP contribution in [-0.2, 0) is 20.0 Å². The molecule has 24 heavy (non-hydrogen) atoms. The van der Waals surface area contributed by atoms with Gasteiger partial charge in [-0.3, -0.25) is 4.99 Å². The van der Waals surface area contributed by atoms with Gasteiger partial charge in [-0.05, 0) is 34.4 Å². The number of benzene rings is 2. The van der Waals surface area contributed by atoms with E-state index in [2.05, 4.69) is 70.4 Å². The molecule has 0 aliphatic carbocycles. The molecule has 0 saturated carbocycles. The van der Waals surface area contributed by atoms with Crippen LogP contribution in [-0.4, -0.2) is 24.1 Å². The molecule has 2 N–H and O–H groups in total. The topological polar surface area (TPSA) is 41.4 Å². The summed E-state index contributed by atoms with van der Waals surface area (Å²) in [6.45, 7) is 1.62. The van der Waals surface area contributed by atoms with Gasteiger partial charge < -0.3 is 15.2 Å². The summed E-state index contributed by atoms with van der Waals surface area (Å²) in [5, 5.41) is 9.36. The van der Waals surface area contributed by atoms with Gasteiger partial charge in [0.1, 0.15) is 0 Å². The molecule has 0 aliphatic heterocycles. The summed E-state index contributed by atoms with van der Waals surface area (Å²) in [6, 6.07) is 17.1. The van der Waals surface area contributed by atoms with Crippen molar-refractivity contribution in [3.8, 4) is 0 Å². The minimum Gasteiger partial charge on any atom is -0.357 e. The van der Waals surface area contributed by atoms with E-state index in [0.29, 0.717) is 0 Å². The van der Waals surface area contributed by atoms with Gasteiger partial charge in [-0.1, -0.05) is 42.5 Å². The molecule has 0 saturated heterocycles. The smallest absolute Gasteiger partial charge is 0.191 e. The minimum atomic E-state index is 0.773. The van der Waals surface area contributed by atoms with E-state index in [1.807, 2.05) is 17.8 Å². The van der Waals surface area contributed by atoms with Crippen LogP contribution in [0.15, 0.2) is 65.9 Å². The maximum atomic E-state index is 4.29. The van der Waals surface area contributed by atoms with E-state index in [0.717, 1.165) is 25.5 Å². The molecule has 2 aromatic carbocycles. The number of rotatable bonds is 5. The molecule has 4 nitrogen and oxygen atoms in total. The Hall–Kier alpha value is -2.75. The second-order valence-electron chi connectivity index (χ2n) is 5.93. The first-order chi connectivity index (χ1) is 11.8. The zero-order chi connectivity index (χ0) is 16.8. The van der Waals surface area contributed by atoms with Gasteiger partial charge in [0.2, 0.25) is 0 Å². The summed E-state index contributed by atoms with van der Waals surface area (Å²) in [5.41, 5.74) is 2.61. The molecule has 1 aromatic heterocycles. The van der Waals surface area contributed by atoms with Gasteiger partial charge in [0.15, 0.2) is 5.96 Å². The lowest BCUT2D eigenvalue weighted by Gasteiger charge is -2.12. The minimum absolute atomic E-state index is 0.773. The number of hydrogen-bond donors (Lipinski definition) is 2. The van der Waals surface area contributed by atoms with Crippen LogP contribution in [0.4, 0.5) is 0 Å². The predicted molar refractivity (Wildman–Crippen MR) is 101 cm³/mol. The fourth-order valence-corrected chi connectivity index (χ4v) is 2.90. The third kappa shape index (κ3) is 3.96. The van der Waals surface area contributed by atoms with E-state index in [1.165, 1.54) is 21.9 Å². The van der Waals surface area contributed by atoms with E-state index in [9.17, 15) is 0 Å². The van der Waals surface area contributed by atoms with E-state index >= 15 is 0 Å². The number of hydrogen-bond acceptors (Lipinski definition) is 1. The molecule has 3 rings (SSSR count). The van der Waals surface area contributed by atoms with Gasteiger partial charge in [-0.15, -0.1) is 0 Å². The van der Waals surface area contributed by atoms with Gasteiger partial charge >= 0.3 is 0 Å². The number of guanidine groups is 1. The highest BCUT2D eigenvalue weighted by atomic mass is 15.2. The van der Waals surface area contributed by atoms with Crippen molar-refractivity contribution in [2.45, 2.75) is 13.0 Å². The highest BCUT2D eigenvalue weighted by Gasteiger charge is 2.02. The number of aromatic nitrogens is 1. The molecular weight excluding hydrogens is 296 g/mol. The normalized spacial score (nSPS) is 11.7. The van der Waals surface area contributed by atoms with Crippen molar-refractivity contribution < 1.29 is 0 Å². The van der Waals surface area contributed by atoms with Crippen molar-refractivity contribution in [2.24, 2.45) is 12.0 Å². The molecule has 124 valence electrons. The molecule has 0 amide bonds. The van der Waals surface area contributed by atoms with Crippen LogP contribution in [0.3, 0.4) is 0 Å². The molecule has 1 heterocycles. The monoisotopic (exact) mass is 320 g/mol. The van der Waals surface area contributed by atoms with Gasteiger partial charge in [0.05, 0.1) is 0 Å². The van der Waals surface area contributed by atoms with Crippen molar-refractivity contribution >= 4 is 16.7 Å². The van der Waals surface area contributed by atoms with E-state index < -0.39 is 0 Å². The van der Waals surface area contributed by atoms with Crippen molar-refractivity contribution in [1.82, 2.24) is 15.2 Å². The Morgan fingerprint density at radius 1 is 1.04 bits per heavy atom. The molecule has 0 aliphatic rings. The van der Waals surface area contributed by atoms with Crippen LogP contribution < -0.4 is 10.6 Å². The third-order valence-electron chi connectivity index (χ3n) is 4.14.